The van der Waals surface area contributed by atoms with Crippen LogP contribution >= 0.6 is 0 Å². The second-order valence-electron chi connectivity index (χ2n) is 6.82. The molecule has 1 aromatic heterocycles. The van der Waals surface area contributed by atoms with Gasteiger partial charge < -0.3 is 4.90 Å². The Kier molecular flexibility index (Phi) is 4.19. The van der Waals surface area contributed by atoms with Crippen LogP contribution in [0.15, 0.2) is 6.07 Å². The lowest BCUT2D eigenvalue weighted by Gasteiger charge is -2.38. The molecule has 22 heavy (non-hydrogen) atoms. The van der Waals surface area contributed by atoms with Crippen LogP contribution in [0.2, 0.25) is 0 Å². The average Bonchev–Trinajstić information content (AvgIpc) is 3.01. The Morgan fingerprint density at radius 2 is 2.18 bits per heavy atom. The third-order valence-electron chi connectivity index (χ3n) is 5.18. The van der Waals surface area contributed by atoms with Crippen molar-refractivity contribution >= 4 is 5.91 Å². The third kappa shape index (κ3) is 2.75. The summed E-state index contributed by atoms with van der Waals surface area (Å²) >= 11 is 0. The first-order chi connectivity index (χ1) is 10.6. The predicted molar refractivity (Wildman–Crippen MR) is 83.0 cm³/mol. The fourth-order valence-corrected chi connectivity index (χ4v) is 3.88. The maximum absolute atomic E-state index is 13.0. The Balaban J connectivity index is 1.74. The van der Waals surface area contributed by atoms with Crippen LogP contribution in [0.4, 0.5) is 0 Å². The molecular formula is C17H24N4O. The number of hydrogen-bond acceptors (Lipinski definition) is 3. The van der Waals surface area contributed by atoms with Crippen molar-refractivity contribution in [2.45, 2.75) is 57.8 Å². The Hall–Kier alpha value is -1.83. The number of rotatable bonds is 2. The summed E-state index contributed by atoms with van der Waals surface area (Å²) in [5.41, 5.74) is 1.34. The minimum Gasteiger partial charge on any atom is -0.341 e. The van der Waals surface area contributed by atoms with E-state index >= 15 is 0 Å². The fourth-order valence-electron chi connectivity index (χ4n) is 3.88. The second-order valence-corrected chi connectivity index (χ2v) is 6.82. The van der Waals surface area contributed by atoms with Crippen molar-refractivity contribution < 1.29 is 4.79 Å². The fraction of sp³-hybridized carbons (Fsp3) is 0.706. The number of aryl methyl sites for hydroxylation is 1. The van der Waals surface area contributed by atoms with Crippen LogP contribution in [0.1, 0.15) is 62.3 Å². The highest BCUT2D eigenvalue weighted by atomic mass is 16.2. The predicted octanol–water partition coefficient (Wildman–Crippen LogP) is 2.90. The molecule has 1 aliphatic carbocycles. The molecule has 1 saturated heterocycles. The van der Waals surface area contributed by atoms with Gasteiger partial charge in [-0.2, -0.15) is 10.4 Å². The average molecular weight is 300 g/mol. The topological polar surface area (TPSA) is 72.8 Å². The van der Waals surface area contributed by atoms with Crippen molar-refractivity contribution in [3.8, 4) is 6.07 Å². The van der Waals surface area contributed by atoms with Crippen molar-refractivity contribution in [2.75, 3.05) is 13.1 Å². The van der Waals surface area contributed by atoms with Gasteiger partial charge in [0.15, 0.2) is 0 Å². The number of nitrogens with one attached hydrogen (secondary N) is 1. The Morgan fingerprint density at radius 3 is 2.82 bits per heavy atom. The molecule has 1 N–H and O–H groups in total. The molecule has 2 heterocycles. The summed E-state index contributed by atoms with van der Waals surface area (Å²) in [4.78, 5) is 14.9. The normalized spacial score (nSPS) is 24.7. The van der Waals surface area contributed by atoms with Gasteiger partial charge in [0.25, 0.3) is 0 Å². The summed E-state index contributed by atoms with van der Waals surface area (Å²) < 4.78 is 0. The number of carbonyl (C=O) groups is 1. The maximum Gasteiger partial charge on any atom is 0.243 e. The number of nitrogens with zero attached hydrogens (tertiary/aromatic N) is 3. The van der Waals surface area contributed by atoms with Crippen LogP contribution in [0.5, 0.6) is 0 Å². The molecule has 0 spiro atoms. The van der Waals surface area contributed by atoms with Crippen molar-refractivity contribution in [3.63, 3.8) is 0 Å². The number of hydrogen-bond donors (Lipinski definition) is 1. The molecule has 0 bridgehead atoms. The Morgan fingerprint density at radius 1 is 1.41 bits per heavy atom. The zero-order valence-corrected chi connectivity index (χ0v) is 13.3. The van der Waals surface area contributed by atoms with Gasteiger partial charge in [-0.25, -0.2) is 0 Å². The lowest BCUT2D eigenvalue weighted by Crippen LogP contribution is -2.48. The quantitative estimate of drug-likeness (QED) is 0.912. The largest absolute Gasteiger partial charge is 0.341 e. The first-order valence-electron chi connectivity index (χ1n) is 8.37. The van der Waals surface area contributed by atoms with Gasteiger partial charge in [0.1, 0.15) is 5.41 Å². The molecule has 1 aliphatic heterocycles. The lowest BCUT2D eigenvalue weighted by molar-refractivity contribution is -0.141. The van der Waals surface area contributed by atoms with Crippen LogP contribution in [0.25, 0.3) is 0 Å². The standard InChI is InChI=1S/C17H24N4O/c1-13-10-15(20-19-13)14-6-5-9-21(11-14)16(22)17(12-18)7-3-2-4-8-17/h10,14H,2-9,11H2,1H3,(H,19,20)/t14-/m0/s1. The number of likely N-dealkylation sites (tertiary alicyclic amines) is 1. The number of nitriles is 1. The van der Waals surface area contributed by atoms with E-state index in [1.165, 1.54) is 0 Å². The van der Waals surface area contributed by atoms with Crippen molar-refractivity contribution in [3.05, 3.63) is 17.5 Å². The smallest absolute Gasteiger partial charge is 0.243 e. The van der Waals surface area contributed by atoms with E-state index in [9.17, 15) is 10.1 Å². The SMILES string of the molecule is Cc1cc([C@H]2CCCN(C(=O)C3(C#N)CCCCC3)C2)n[nH]1. The van der Waals surface area contributed by atoms with Gasteiger partial charge in [-0.3, -0.25) is 9.89 Å². The molecule has 0 aromatic carbocycles. The summed E-state index contributed by atoms with van der Waals surface area (Å²) in [5.74, 6) is 0.355. The number of amides is 1. The molecule has 1 atom stereocenters. The second kappa shape index (κ2) is 6.12. The molecule has 1 saturated carbocycles. The van der Waals surface area contributed by atoms with Crippen LogP contribution in [0, 0.1) is 23.7 Å². The summed E-state index contributed by atoms with van der Waals surface area (Å²) in [7, 11) is 0. The van der Waals surface area contributed by atoms with Gasteiger partial charge in [-0.05, 0) is 38.7 Å². The first kappa shape index (κ1) is 15.1. The van der Waals surface area contributed by atoms with E-state index in [1.807, 2.05) is 11.8 Å². The maximum atomic E-state index is 13.0. The Bertz CT molecular complexity index is 580. The van der Waals surface area contributed by atoms with Crippen molar-refractivity contribution in [2.24, 2.45) is 5.41 Å². The van der Waals surface area contributed by atoms with Crippen LogP contribution in [-0.2, 0) is 4.79 Å². The van der Waals surface area contributed by atoms with E-state index in [4.69, 9.17) is 0 Å². The molecule has 2 aliphatic rings. The molecule has 1 amide bonds. The summed E-state index contributed by atoms with van der Waals surface area (Å²) in [6.07, 6.45) is 6.64. The highest BCUT2D eigenvalue weighted by Gasteiger charge is 2.43. The molecule has 1 aromatic rings. The van der Waals surface area contributed by atoms with Crippen molar-refractivity contribution in [1.82, 2.24) is 15.1 Å². The van der Waals surface area contributed by atoms with E-state index in [-0.39, 0.29) is 5.91 Å². The molecular weight excluding hydrogens is 276 g/mol. The van der Waals surface area contributed by atoms with Gasteiger partial charge in [0.2, 0.25) is 5.91 Å². The molecule has 2 fully saturated rings. The zero-order valence-electron chi connectivity index (χ0n) is 13.3. The van der Waals surface area contributed by atoms with Crippen LogP contribution in [0.3, 0.4) is 0 Å². The first-order valence-corrected chi connectivity index (χ1v) is 8.37. The van der Waals surface area contributed by atoms with E-state index in [0.29, 0.717) is 12.5 Å². The Labute approximate surface area is 131 Å². The minimum atomic E-state index is -0.762. The molecule has 0 unspecified atom stereocenters. The van der Waals surface area contributed by atoms with Gasteiger partial charge in [-0.15, -0.1) is 0 Å². The molecule has 5 heteroatoms. The monoisotopic (exact) mass is 300 g/mol. The number of aromatic nitrogens is 2. The molecule has 5 nitrogen and oxygen atoms in total. The van der Waals surface area contributed by atoms with E-state index in [2.05, 4.69) is 22.3 Å². The minimum absolute atomic E-state index is 0.0617. The molecule has 0 radical (unpaired) electrons. The molecule has 118 valence electrons. The highest BCUT2D eigenvalue weighted by Crippen LogP contribution is 2.39. The summed E-state index contributed by atoms with van der Waals surface area (Å²) in [6.45, 7) is 3.48. The zero-order chi connectivity index (χ0) is 15.6. The van der Waals surface area contributed by atoms with Gasteiger partial charge in [0.05, 0.1) is 11.8 Å². The highest BCUT2D eigenvalue weighted by molar-refractivity contribution is 5.85. The third-order valence-corrected chi connectivity index (χ3v) is 5.18. The van der Waals surface area contributed by atoms with Crippen LogP contribution in [-0.4, -0.2) is 34.1 Å². The summed E-state index contributed by atoms with van der Waals surface area (Å²) in [5, 5.41) is 17.0. The van der Waals surface area contributed by atoms with Gasteiger partial charge >= 0.3 is 0 Å². The number of aromatic amines is 1. The van der Waals surface area contributed by atoms with E-state index in [1.54, 1.807) is 0 Å². The summed E-state index contributed by atoms with van der Waals surface area (Å²) in [6, 6.07) is 4.43. The van der Waals surface area contributed by atoms with Crippen molar-refractivity contribution in [1.29, 1.82) is 5.26 Å². The number of carbonyl (C=O) groups excluding carboxylic acids is 1. The number of piperidine rings is 1. The lowest BCUT2D eigenvalue weighted by atomic mass is 9.73. The van der Waals surface area contributed by atoms with Crippen LogP contribution < -0.4 is 0 Å². The van der Waals surface area contributed by atoms with E-state index in [0.717, 1.165) is 62.9 Å². The van der Waals surface area contributed by atoms with E-state index < -0.39 is 5.41 Å². The van der Waals surface area contributed by atoms with Gasteiger partial charge in [0, 0.05) is 24.7 Å². The number of H-pyrrole nitrogens is 1. The van der Waals surface area contributed by atoms with Gasteiger partial charge in [-0.1, -0.05) is 19.3 Å². The molecule has 3 rings (SSSR count).